The van der Waals surface area contributed by atoms with Crippen LogP contribution in [-0.4, -0.2) is 20.7 Å². The number of rotatable bonds is 4. The van der Waals surface area contributed by atoms with Gasteiger partial charge < -0.3 is 5.32 Å². The number of halogens is 1. The molecule has 25 heavy (non-hydrogen) atoms. The highest BCUT2D eigenvalue weighted by molar-refractivity contribution is 6.30. The van der Waals surface area contributed by atoms with E-state index in [1.165, 1.54) is 0 Å². The van der Waals surface area contributed by atoms with E-state index in [1.54, 1.807) is 29.1 Å². The first kappa shape index (κ1) is 17.2. The van der Waals surface area contributed by atoms with E-state index < -0.39 is 0 Å². The quantitative estimate of drug-likeness (QED) is 0.775. The molecular weight excluding hydrogens is 336 g/mol. The van der Waals surface area contributed by atoms with Crippen LogP contribution in [0, 0.1) is 20.8 Å². The minimum absolute atomic E-state index is 0.177. The van der Waals surface area contributed by atoms with Gasteiger partial charge in [-0.3, -0.25) is 4.79 Å². The zero-order chi connectivity index (χ0) is 18.0. The van der Waals surface area contributed by atoms with Gasteiger partial charge in [0.25, 0.3) is 5.91 Å². The summed E-state index contributed by atoms with van der Waals surface area (Å²) < 4.78 is 1.79. The molecule has 128 valence electrons. The van der Waals surface area contributed by atoms with Crippen molar-refractivity contribution in [1.82, 2.24) is 20.1 Å². The highest BCUT2D eigenvalue weighted by Gasteiger charge is 2.11. The number of pyridine rings is 1. The molecular formula is C19H19ClN4O. The molecule has 0 atom stereocenters. The number of carbonyl (C=O) groups excluding carboxylic acids is 1. The van der Waals surface area contributed by atoms with Crippen molar-refractivity contribution < 1.29 is 4.79 Å². The monoisotopic (exact) mass is 354 g/mol. The predicted octanol–water partition coefficient (Wildman–Crippen LogP) is 3.78. The van der Waals surface area contributed by atoms with Crippen molar-refractivity contribution in [3.63, 3.8) is 0 Å². The molecule has 0 saturated carbocycles. The van der Waals surface area contributed by atoms with Gasteiger partial charge in [-0.2, -0.15) is 5.10 Å². The summed E-state index contributed by atoms with van der Waals surface area (Å²) in [7, 11) is 0. The number of aryl methyl sites for hydroxylation is 1. The van der Waals surface area contributed by atoms with Crippen molar-refractivity contribution in [1.29, 1.82) is 0 Å². The second-order valence-electron chi connectivity index (χ2n) is 5.93. The Labute approximate surface area is 151 Å². The van der Waals surface area contributed by atoms with Crippen LogP contribution in [0.25, 0.3) is 5.82 Å². The van der Waals surface area contributed by atoms with Crippen LogP contribution in [0.15, 0.2) is 42.6 Å². The Morgan fingerprint density at radius 2 is 2.00 bits per heavy atom. The van der Waals surface area contributed by atoms with Crippen LogP contribution < -0.4 is 5.32 Å². The molecule has 0 aliphatic heterocycles. The Bertz CT molecular complexity index is 916. The number of nitrogens with zero attached hydrogens (tertiary/aromatic N) is 3. The van der Waals surface area contributed by atoms with E-state index in [0.29, 0.717) is 22.9 Å². The Balaban J connectivity index is 1.71. The van der Waals surface area contributed by atoms with Gasteiger partial charge in [0.05, 0.1) is 11.3 Å². The fourth-order valence-electron chi connectivity index (χ4n) is 2.52. The number of hydrogen-bond acceptors (Lipinski definition) is 3. The van der Waals surface area contributed by atoms with Gasteiger partial charge in [0.15, 0.2) is 5.82 Å². The second kappa shape index (κ2) is 7.07. The van der Waals surface area contributed by atoms with Crippen LogP contribution in [0.4, 0.5) is 0 Å². The van der Waals surface area contributed by atoms with Crippen molar-refractivity contribution >= 4 is 17.5 Å². The highest BCUT2D eigenvalue weighted by Crippen LogP contribution is 2.15. The van der Waals surface area contributed by atoms with Gasteiger partial charge >= 0.3 is 0 Å². The van der Waals surface area contributed by atoms with Gasteiger partial charge in [0, 0.05) is 23.5 Å². The summed E-state index contributed by atoms with van der Waals surface area (Å²) in [6, 6.07) is 11.0. The van der Waals surface area contributed by atoms with E-state index in [-0.39, 0.29) is 5.91 Å². The SMILES string of the molecule is Cc1nn(-c2ccc(C(=O)NCc3cccc(Cl)c3)cn2)c(C)c1C. The minimum Gasteiger partial charge on any atom is -0.348 e. The maximum Gasteiger partial charge on any atom is 0.253 e. The standard InChI is InChI=1S/C19H19ClN4O/c1-12-13(2)23-24(14(12)3)18-8-7-16(11-21-18)19(25)22-10-15-5-4-6-17(20)9-15/h4-9,11H,10H2,1-3H3,(H,22,25). The number of benzene rings is 1. The lowest BCUT2D eigenvalue weighted by atomic mass is 10.2. The fourth-order valence-corrected chi connectivity index (χ4v) is 2.73. The smallest absolute Gasteiger partial charge is 0.253 e. The molecule has 1 N–H and O–H groups in total. The molecule has 3 rings (SSSR count). The summed E-state index contributed by atoms with van der Waals surface area (Å²) >= 11 is 5.95. The fraction of sp³-hybridized carbons (Fsp3) is 0.211. The molecule has 1 amide bonds. The largest absolute Gasteiger partial charge is 0.348 e. The number of carbonyl (C=O) groups is 1. The topological polar surface area (TPSA) is 59.8 Å². The minimum atomic E-state index is -0.177. The average Bonchev–Trinajstić information content (AvgIpc) is 2.87. The van der Waals surface area contributed by atoms with Crippen LogP contribution in [0.3, 0.4) is 0 Å². The maximum absolute atomic E-state index is 12.3. The van der Waals surface area contributed by atoms with Gasteiger partial charge in [-0.05, 0) is 56.2 Å². The van der Waals surface area contributed by atoms with Crippen molar-refractivity contribution in [2.45, 2.75) is 27.3 Å². The third kappa shape index (κ3) is 3.72. The molecule has 0 unspecified atom stereocenters. The number of amides is 1. The molecule has 0 bridgehead atoms. The summed E-state index contributed by atoms with van der Waals surface area (Å²) in [6.07, 6.45) is 1.56. The summed E-state index contributed by atoms with van der Waals surface area (Å²) in [5.41, 5.74) is 4.61. The Kier molecular flexibility index (Phi) is 4.86. The van der Waals surface area contributed by atoms with Crippen LogP contribution in [0.5, 0.6) is 0 Å². The van der Waals surface area contributed by atoms with E-state index in [1.807, 2.05) is 39.0 Å². The zero-order valence-electron chi connectivity index (χ0n) is 14.4. The molecule has 0 fully saturated rings. The van der Waals surface area contributed by atoms with E-state index in [9.17, 15) is 4.79 Å². The Morgan fingerprint density at radius 1 is 1.20 bits per heavy atom. The van der Waals surface area contributed by atoms with Crippen molar-refractivity contribution in [2.75, 3.05) is 0 Å². The Hall–Kier alpha value is -2.66. The number of aromatic nitrogens is 3. The zero-order valence-corrected chi connectivity index (χ0v) is 15.1. The third-order valence-corrected chi connectivity index (χ3v) is 4.46. The van der Waals surface area contributed by atoms with Crippen molar-refractivity contribution in [3.8, 4) is 5.82 Å². The van der Waals surface area contributed by atoms with Gasteiger partial charge in [0.2, 0.25) is 0 Å². The molecule has 1 aromatic carbocycles. The molecule has 3 aromatic rings. The highest BCUT2D eigenvalue weighted by atomic mass is 35.5. The van der Waals surface area contributed by atoms with Gasteiger partial charge in [-0.25, -0.2) is 9.67 Å². The van der Waals surface area contributed by atoms with Crippen LogP contribution in [0.2, 0.25) is 5.02 Å². The Morgan fingerprint density at radius 3 is 2.60 bits per heavy atom. The van der Waals surface area contributed by atoms with Crippen LogP contribution in [-0.2, 0) is 6.54 Å². The van der Waals surface area contributed by atoms with E-state index in [0.717, 1.165) is 22.5 Å². The van der Waals surface area contributed by atoms with Gasteiger partial charge in [0.1, 0.15) is 0 Å². The van der Waals surface area contributed by atoms with Gasteiger partial charge in [-0.15, -0.1) is 0 Å². The summed E-state index contributed by atoms with van der Waals surface area (Å²) in [5.74, 6) is 0.517. The van der Waals surface area contributed by atoms with Gasteiger partial charge in [-0.1, -0.05) is 23.7 Å². The molecule has 2 aromatic heterocycles. The molecule has 0 aliphatic carbocycles. The molecule has 0 aliphatic rings. The predicted molar refractivity (Wildman–Crippen MR) is 98.2 cm³/mol. The number of nitrogens with one attached hydrogen (secondary N) is 1. The normalized spacial score (nSPS) is 10.7. The molecule has 2 heterocycles. The first-order valence-electron chi connectivity index (χ1n) is 7.97. The summed E-state index contributed by atoms with van der Waals surface area (Å²) in [6.45, 7) is 6.42. The lowest BCUT2D eigenvalue weighted by molar-refractivity contribution is 0.0950. The molecule has 0 saturated heterocycles. The lowest BCUT2D eigenvalue weighted by Crippen LogP contribution is -2.23. The van der Waals surface area contributed by atoms with Crippen molar-refractivity contribution in [2.24, 2.45) is 0 Å². The van der Waals surface area contributed by atoms with Crippen molar-refractivity contribution in [3.05, 3.63) is 75.7 Å². The molecule has 5 nitrogen and oxygen atoms in total. The molecule has 0 radical (unpaired) electrons. The lowest BCUT2D eigenvalue weighted by Gasteiger charge is -2.07. The molecule has 0 spiro atoms. The maximum atomic E-state index is 12.3. The van der Waals surface area contributed by atoms with Crippen LogP contribution in [0.1, 0.15) is 32.9 Å². The molecule has 6 heteroatoms. The summed E-state index contributed by atoms with van der Waals surface area (Å²) in [4.78, 5) is 16.6. The van der Waals surface area contributed by atoms with Crippen LogP contribution >= 0.6 is 11.6 Å². The number of hydrogen-bond donors (Lipinski definition) is 1. The van der Waals surface area contributed by atoms with E-state index in [2.05, 4.69) is 15.4 Å². The second-order valence-corrected chi connectivity index (χ2v) is 6.36. The first-order chi connectivity index (χ1) is 12.0. The first-order valence-corrected chi connectivity index (χ1v) is 8.35. The summed E-state index contributed by atoms with van der Waals surface area (Å²) in [5, 5.41) is 8.00. The van der Waals surface area contributed by atoms with E-state index >= 15 is 0 Å². The third-order valence-electron chi connectivity index (χ3n) is 4.22. The van der Waals surface area contributed by atoms with E-state index in [4.69, 9.17) is 11.6 Å². The average molecular weight is 355 g/mol.